The summed E-state index contributed by atoms with van der Waals surface area (Å²) in [5.74, 6) is -0.511. The smallest absolute Gasteiger partial charge is 0.409 e. The minimum Gasteiger partial charge on any atom is -0.465 e. The molecule has 1 saturated heterocycles. The van der Waals surface area contributed by atoms with E-state index in [0.29, 0.717) is 30.1 Å². The molecular weight excluding hydrogens is 342 g/mol. The predicted octanol–water partition coefficient (Wildman–Crippen LogP) is 2.88. The highest BCUT2D eigenvalue weighted by molar-refractivity contribution is 7.16. The third-order valence-electron chi connectivity index (χ3n) is 4.56. The molecule has 1 aromatic heterocycles. The number of amides is 3. The van der Waals surface area contributed by atoms with E-state index in [4.69, 9.17) is 5.11 Å². The first-order valence-electron chi connectivity index (χ1n) is 8.25. The first kappa shape index (κ1) is 19.2. The van der Waals surface area contributed by atoms with Gasteiger partial charge in [-0.15, -0.1) is 11.3 Å². The van der Waals surface area contributed by atoms with Gasteiger partial charge in [-0.05, 0) is 24.8 Å². The van der Waals surface area contributed by atoms with Crippen LogP contribution in [-0.2, 0) is 10.2 Å². The summed E-state index contributed by atoms with van der Waals surface area (Å²) < 4.78 is 0. The Kier molecular flexibility index (Phi) is 5.13. The highest BCUT2D eigenvalue weighted by Crippen LogP contribution is 2.38. The number of carbonyl (C=O) groups excluding carboxylic acids is 2. The SMILES string of the molecule is CCC1(C)C(=O)NCCN1C(=O)c1cc(C(C)(C)C)sc1NC(=O)O. The number of nitrogens with zero attached hydrogens (tertiary/aromatic N) is 1. The zero-order valence-electron chi connectivity index (χ0n) is 15.2. The molecule has 0 radical (unpaired) electrons. The summed E-state index contributed by atoms with van der Waals surface area (Å²) in [4.78, 5) is 39.1. The number of anilines is 1. The molecule has 3 N–H and O–H groups in total. The maximum absolute atomic E-state index is 13.2. The Hall–Kier alpha value is -2.09. The maximum Gasteiger partial charge on any atom is 0.409 e. The van der Waals surface area contributed by atoms with Gasteiger partial charge in [-0.3, -0.25) is 14.9 Å². The molecule has 1 atom stereocenters. The largest absolute Gasteiger partial charge is 0.465 e. The van der Waals surface area contributed by atoms with Crippen LogP contribution in [0.3, 0.4) is 0 Å². The molecule has 0 saturated carbocycles. The van der Waals surface area contributed by atoms with Crippen molar-refractivity contribution in [1.82, 2.24) is 10.2 Å². The van der Waals surface area contributed by atoms with E-state index in [1.54, 1.807) is 17.9 Å². The fourth-order valence-corrected chi connectivity index (χ4v) is 3.87. The van der Waals surface area contributed by atoms with Gasteiger partial charge in [0.2, 0.25) is 5.91 Å². The highest BCUT2D eigenvalue weighted by Gasteiger charge is 2.44. The second kappa shape index (κ2) is 6.67. The normalized spacial score (nSPS) is 21.0. The molecule has 25 heavy (non-hydrogen) atoms. The third-order valence-corrected chi connectivity index (χ3v) is 6.04. The minimum absolute atomic E-state index is 0.186. The molecule has 1 aliphatic rings. The van der Waals surface area contributed by atoms with Gasteiger partial charge < -0.3 is 15.3 Å². The van der Waals surface area contributed by atoms with Crippen molar-refractivity contribution in [3.8, 4) is 0 Å². The van der Waals surface area contributed by atoms with E-state index in [9.17, 15) is 14.4 Å². The van der Waals surface area contributed by atoms with Gasteiger partial charge in [-0.1, -0.05) is 27.7 Å². The topological polar surface area (TPSA) is 98.7 Å². The summed E-state index contributed by atoms with van der Waals surface area (Å²) in [5, 5.41) is 14.5. The number of hydrogen-bond donors (Lipinski definition) is 3. The number of carboxylic acid groups (broad SMARTS) is 1. The molecule has 3 amide bonds. The maximum atomic E-state index is 13.2. The summed E-state index contributed by atoms with van der Waals surface area (Å²) in [7, 11) is 0. The Morgan fingerprint density at radius 1 is 1.44 bits per heavy atom. The van der Waals surface area contributed by atoms with Crippen molar-refractivity contribution in [3.63, 3.8) is 0 Å². The van der Waals surface area contributed by atoms with Gasteiger partial charge >= 0.3 is 6.09 Å². The van der Waals surface area contributed by atoms with Gasteiger partial charge in [0.1, 0.15) is 10.5 Å². The van der Waals surface area contributed by atoms with E-state index in [0.717, 1.165) is 4.88 Å². The van der Waals surface area contributed by atoms with Crippen molar-refractivity contribution >= 4 is 34.2 Å². The molecule has 0 aromatic carbocycles. The molecular formula is C17H25N3O4S. The summed E-state index contributed by atoms with van der Waals surface area (Å²) in [5.41, 5.74) is -0.864. The summed E-state index contributed by atoms with van der Waals surface area (Å²) in [6, 6.07) is 1.74. The van der Waals surface area contributed by atoms with E-state index >= 15 is 0 Å². The summed E-state index contributed by atoms with van der Waals surface area (Å²) >= 11 is 1.26. The van der Waals surface area contributed by atoms with E-state index in [-0.39, 0.29) is 17.2 Å². The second-order valence-corrected chi connectivity index (χ2v) is 8.43. The Labute approximate surface area is 151 Å². The van der Waals surface area contributed by atoms with Gasteiger partial charge in [-0.25, -0.2) is 4.79 Å². The lowest BCUT2D eigenvalue weighted by atomic mass is 9.91. The average Bonchev–Trinajstić information content (AvgIpc) is 2.92. The molecule has 2 rings (SSSR count). The molecule has 0 spiro atoms. The molecule has 0 aliphatic carbocycles. The zero-order valence-corrected chi connectivity index (χ0v) is 16.0. The van der Waals surface area contributed by atoms with Crippen molar-refractivity contribution in [2.45, 2.75) is 52.0 Å². The van der Waals surface area contributed by atoms with Gasteiger partial charge in [-0.2, -0.15) is 0 Å². The fourth-order valence-electron chi connectivity index (χ4n) is 2.77. The van der Waals surface area contributed by atoms with E-state index in [1.165, 1.54) is 11.3 Å². The monoisotopic (exact) mass is 367 g/mol. The Bertz CT molecular complexity index is 707. The Morgan fingerprint density at radius 2 is 2.08 bits per heavy atom. The highest BCUT2D eigenvalue weighted by atomic mass is 32.1. The van der Waals surface area contributed by atoms with Gasteiger partial charge in [0.15, 0.2) is 0 Å². The lowest BCUT2D eigenvalue weighted by Gasteiger charge is -2.43. The third kappa shape index (κ3) is 3.63. The number of carbonyl (C=O) groups is 3. The van der Waals surface area contributed by atoms with Crippen LogP contribution in [0.4, 0.5) is 9.80 Å². The predicted molar refractivity (Wildman–Crippen MR) is 97.4 cm³/mol. The van der Waals surface area contributed by atoms with Crippen LogP contribution in [0.15, 0.2) is 6.07 Å². The van der Waals surface area contributed by atoms with Gasteiger partial charge in [0, 0.05) is 18.0 Å². The summed E-state index contributed by atoms with van der Waals surface area (Å²) in [6.45, 7) is 10.4. The van der Waals surface area contributed by atoms with E-state index in [2.05, 4.69) is 10.6 Å². The van der Waals surface area contributed by atoms with Crippen LogP contribution in [0.25, 0.3) is 0 Å². The van der Waals surface area contributed by atoms with Crippen LogP contribution in [0.2, 0.25) is 0 Å². The van der Waals surface area contributed by atoms with E-state index < -0.39 is 11.6 Å². The molecule has 0 bridgehead atoms. The van der Waals surface area contributed by atoms with Crippen LogP contribution in [0, 0.1) is 0 Å². The summed E-state index contributed by atoms with van der Waals surface area (Å²) in [6.07, 6.45) is -0.742. The zero-order chi connectivity index (χ0) is 19.0. The lowest BCUT2D eigenvalue weighted by Crippen LogP contribution is -2.64. The lowest BCUT2D eigenvalue weighted by molar-refractivity contribution is -0.134. The number of thiophene rings is 1. The Balaban J connectivity index is 2.48. The van der Waals surface area contributed by atoms with Crippen molar-refractivity contribution in [2.75, 3.05) is 18.4 Å². The van der Waals surface area contributed by atoms with Crippen LogP contribution in [0.1, 0.15) is 56.3 Å². The van der Waals surface area contributed by atoms with E-state index in [1.807, 2.05) is 27.7 Å². The van der Waals surface area contributed by atoms with Crippen LogP contribution < -0.4 is 10.6 Å². The average molecular weight is 367 g/mol. The number of piperazine rings is 1. The molecule has 2 heterocycles. The van der Waals surface area contributed by atoms with Gasteiger partial charge in [0.25, 0.3) is 5.91 Å². The molecule has 8 heteroatoms. The van der Waals surface area contributed by atoms with Crippen molar-refractivity contribution in [1.29, 1.82) is 0 Å². The van der Waals surface area contributed by atoms with Crippen LogP contribution in [0.5, 0.6) is 0 Å². The van der Waals surface area contributed by atoms with Gasteiger partial charge in [0.05, 0.1) is 5.56 Å². The molecule has 138 valence electrons. The molecule has 1 fully saturated rings. The molecule has 1 aliphatic heterocycles. The molecule has 1 unspecified atom stereocenters. The van der Waals surface area contributed by atoms with Crippen molar-refractivity contribution in [3.05, 3.63) is 16.5 Å². The molecule has 1 aromatic rings. The Morgan fingerprint density at radius 3 is 2.60 bits per heavy atom. The number of rotatable bonds is 3. The second-order valence-electron chi connectivity index (χ2n) is 7.37. The number of hydrogen-bond acceptors (Lipinski definition) is 4. The molecule has 7 nitrogen and oxygen atoms in total. The van der Waals surface area contributed by atoms with Crippen molar-refractivity contribution < 1.29 is 19.5 Å². The minimum atomic E-state index is -1.22. The first-order chi connectivity index (χ1) is 11.5. The quantitative estimate of drug-likeness (QED) is 0.765. The number of nitrogens with one attached hydrogen (secondary N) is 2. The van der Waals surface area contributed by atoms with Crippen LogP contribution >= 0.6 is 11.3 Å². The fraction of sp³-hybridized carbons (Fsp3) is 0.588. The standard InChI is InChI=1S/C17H25N3O4S/c1-6-17(5)14(22)18-7-8-20(17)13(21)10-9-11(16(2,3)4)25-12(10)19-15(23)24/h9,19H,6-8H2,1-5H3,(H,18,22)(H,23,24). The van der Waals surface area contributed by atoms with Crippen molar-refractivity contribution in [2.24, 2.45) is 0 Å². The van der Waals surface area contributed by atoms with Crippen LogP contribution in [-0.4, -0.2) is 46.5 Å². The first-order valence-corrected chi connectivity index (χ1v) is 9.07.